The van der Waals surface area contributed by atoms with E-state index in [4.69, 9.17) is 0 Å². The van der Waals surface area contributed by atoms with Gasteiger partial charge in [0.15, 0.2) is 0 Å². The molecule has 0 unspecified atom stereocenters. The first-order valence-electron chi connectivity index (χ1n) is 5.01. The summed E-state index contributed by atoms with van der Waals surface area (Å²) in [6.07, 6.45) is 5.64. The fraction of sp³-hybridized carbons (Fsp3) is 0.636. The summed E-state index contributed by atoms with van der Waals surface area (Å²) in [5.41, 5.74) is 1.37. The van der Waals surface area contributed by atoms with Crippen LogP contribution in [-0.2, 0) is 13.1 Å². The van der Waals surface area contributed by atoms with Crippen LogP contribution in [0.4, 0.5) is 0 Å². The molecular formula is C11H20N2. The Morgan fingerprint density at radius 1 is 1.46 bits per heavy atom. The molecule has 1 aromatic heterocycles. The van der Waals surface area contributed by atoms with E-state index in [0.717, 1.165) is 19.0 Å². The summed E-state index contributed by atoms with van der Waals surface area (Å²) in [6.45, 7) is 6.63. The molecule has 0 aromatic carbocycles. The van der Waals surface area contributed by atoms with E-state index in [9.17, 15) is 0 Å². The maximum Gasteiger partial charge on any atom is 0.0222 e. The predicted octanol–water partition coefficient (Wildman–Crippen LogP) is 2.25. The minimum atomic E-state index is 0.787. The third kappa shape index (κ3) is 3.64. The van der Waals surface area contributed by atoms with Crippen molar-refractivity contribution >= 4 is 0 Å². The van der Waals surface area contributed by atoms with Crippen molar-refractivity contribution in [3.05, 3.63) is 24.0 Å². The highest BCUT2D eigenvalue weighted by Crippen LogP contribution is 2.05. The van der Waals surface area contributed by atoms with Gasteiger partial charge in [0, 0.05) is 25.5 Å². The summed E-state index contributed by atoms with van der Waals surface area (Å²) in [6, 6.07) is 2.18. The van der Waals surface area contributed by atoms with E-state index >= 15 is 0 Å². The molecule has 0 bridgehead atoms. The van der Waals surface area contributed by atoms with Crippen LogP contribution in [0.5, 0.6) is 0 Å². The summed E-state index contributed by atoms with van der Waals surface area (Å²) in [7, 11) is 1.98. The molecule has 0 fully saturated rings. The monoisotopic (exact) mass is 180 g/mol. The summed E-state index contributed by atoms with van der Waals surface area (Å²) < 4.78 is 2.27. The molecule has 2 nitrogen and oxygen atoms in total. The quantitative estimate of drug-likeness (QED) is 0.735. The van der Waals surface area contributed by atoms with Gasteiger partial charge in [0.25, 0.3) is 0 Å². The smallest absolute Gasteiger partial charge is 0.0222 e. The summed E-state index contributed by atoms with van der Waals surface area (Å²) in [4.78, 5) is 0. The molecule has 1 N–H and O–H groups in total. The van der Waals surface area contributed by atoms with E-state index in [1.165, 1.54) is 12.0 Å². The number of nitrogens with zero attached hydrogens (tertiary/aromatic N) is 1. The van der Waals surface area contributed by atoms with Crippen LogP contribution in [0.25, 0.3) is 0 Å². The molecule has 0 aliphatic rings. The van der Waals surface area contributed by atoms with Crippen LogP contribution < -0.4 is 5.32 Å². The van der Waals surface area contributed by atoms with E-state index in [1.807, 2.05) is 7.05 Å². The summed E-state index contributed by atoms with van der Waals surface area (Å²) in [5, 5.41) is 3.15. The van der Waals surface area contributed by atoms with E-state index in [2.05, 4.69) is 42.2 Å². The first-order valence-corrected chi connectivity index (χ1v) is 5.01. The number of hydrogen-bond donors (Lipinski definition) is 1. The first-order chi connectivity index (χ1) is 6.22. The maximum atomic E-state index is 3.15. The van der Waals surface area contributed by atoms with Crippen molar-refractivity contribution in [1.82, 2.24) is 9.88 Å². The molecule has 1 heterocycles. The Morgan fingerprint density at radius 2 is 2.23 bits per heavy atom. The van der Waals surface area contributed by atoms with Gasteiger partial charge in [-0.3, -0.25) is 0 Å². The Hall–Kier alpha value is -0.760. The molecule has 0 saturated heterocycles. The van der Waals surface area contributed by atoms with Gasteiger partial charge in [0.05, 0.1) is 0 Å². The molecule has 0 aliphatic carbocycles. The fourth-order valence-electron chi connectivity index (χ4n) is 1.35. The molecule has 0 saturated carbocycles. The highest BCUT2D eigenvalue weighted by Gasteiger charge is 1.97. The summed E-state index contributed by atoms with van der Waals surface area (Å²) in [5.74, 6) is 0.787. The lowest BCUT2D eigenvalue weighted by molar-refractivity contribution is 0.517. The lowest BCUT2D eigenvalue weighted by atomic mass is 10.1. The van der Waals surface area contributed by atoms with Crippen LogP contribution in [0.15, 0.2) is 18.5 Å². The van der Waals surface area contributed by atoms with Gasteiger partial charge in [0.1, 0.15) is 0 Å². The van der Waals surface area contributed by atoms with Crippen LogP contribution in [0.1, 0.15) is 25.8 Å². The summed E-state index contributed by atoms with van der Waals surface area (Å²) >= 11 is 0. The Morgan fingerprint density at radius 3 is 2.85 bits per heavy atom. The van der Waals surface area contributed by atoms with Crippen LogP contribution in [0.3, 0.4) is 0 Å². The molecule has 13 heavy (non-hydrogen) atoms. The third-order valence-corrected chi connectivity index (χ3v) is 2.16. The zero-order valence-corrected chi connectivity index (χ0v) is 8.88. The van der Waals surface area contributed by atoms with Crippen molar-refractivity contribution < 1.29 is 0 Å². The largest absolute Gasteiger partial charge is 0.354 e. The molecule has 0 aliphatic heterocycles. The molecular weight excluding hydrogens is 160 g/mol. The van der Waals surface area contributed by atoms with E-state index in [-0.39, 0.29) is 0 Å². The van der Waals surface area contributed by atoms with Crippen molar-refractivity contribution in [3.8, 4) is 0 Å². The average molecular weight is 180 g/mol. The van der Waals surface area contributed by atoms with Gasteiger partial charge in [-0.15, -0.1) is 0 Å². The van der Waals surface area contributed by atoms with Crippen LogP contribution in [0, 0.1) is 5.92 Å². The Bertz CT molecular complexity index is 238. The number of rotatable bonds is 5. The lowest BCUT2D eigenvalue weighted by Crippen LogP contribution is -2.04. The van der Waals surface area contributed by atoms with Gasteiger partial charge < -0.3 is 9.88 Å². The molecule has 0 spiro atoms. The molecule has 2 heteroatoms. The molecule has 1 aromatic rings. The number of hydrogen-bond acceptors (Lipinski definition) is 1. The van der Waals surface area contributed by atoms with E-state index in [0.29, 0.717) is 0 Å². The molecule has 0 radical (unpaired) electrons. The van der Waals surface area contributed by atoms with E-state index in [1.54, 1.807) is 0 Å². The Kier molecular flexibility index (Phi) is 4.03. The molecule has 0 amide bonds. The maximum absolute atomic E-state index is 3.15. The fourth-order valence-corrected chi connectivity index (χ4v) is 1.35. The normalized spacial score (nSPS) is 11.1. The molecule has 1 rings (SSSR count). The van der Waals surface area contributed by atoms with Gasteiger partial charge in [-0.05, 0) is 31.0 Å². The zero-order valence-electron chi connectivity index (χ0n) is 8.88. The van der Waals surface area contributed by atoms with Crippen molar-refractivity contribution in [2.75, 3.05) is 7.05 Å². The Labute approximate surface area is 81.0 Å². The lowest BCUT2D eigenvalue weighted by Gasteiger charge is -2.05. The SMILES string of the molecule is CNCc1ccn(CCC(C)C)c1. The highest BCUT2D eigenvalue weighted by molar-refractivity contribution is 5.09. The van der Waals surface area contributed by atoms with Crippen LogP contribution >= 0.6 is 0 Å². The predicted molar refractivity (Wildman–Crippen MR) is 56.7 cm³/mol. The Balaban J connectivity index is 2.39. The van der Waals surface area contributed by atoms with Crippen molar-refractivity contribution in [1.29, 1.82) is 0 Å². The molecule has 74 valence electrons. The van der Waals surface area contributed by atoms with Gasteiger partial charge in [-0.1, -0.05) is 13.8 Å². The third-order valence-electron chi connectivity index (χ3n) is 2.16. The second kappa shape index (κ2) is 5.07. The first kappa shape index (κ1) is 10.3. The van der Waals surface area contributed by atoms with Gasteiger partial charge in [0.2, 0.25) is 0 Å². The van der Waals surface area contributed by atoms with Crippen molar-refractivity contribution in [2.45, 2.75) is 33.4 Å². The minimum Gasteiger partial charge on any atom is -0.354 e. The standard InChI is InChI=1S/C11H20N2/c1-10(2)4-6-13-7-5-11(9-13)8-12-3/h5,7,9-10,12H,4,6,8H2,1-3H3. The van der Waals surface area contributed by atoms with Crippen molar-refractivity contribution in [3.63, 3.8) is 0 Å². The topological polar surface area (TPSA) is 17.0 Å². The minimum absolute atomic E-state index is 0.787. The number of aryl methyl sites for hydroxylation is 1. The zero-order chi connectivity index (χ0) is 9.68. The highest BCUT2D eigenvalue weighted by atomic mass is 14.9. The second-order valence-electron chi connectivity index (χ2n) is 3.97. The van der Waals surface area contributed by atoms with Crippen molar-refractivity contribution in [2.24, 2.45) is 5.92 Å². The van der Waals surface area contributed by atoms with Gasteiger partial charge in [-0.25, -0.2) is 0 Å². The van der Waals surface area contributed by atoms with E-state index < -0.39 is 0 Å². The number of nitrogens with one attached hydrogen (secondary N) is 1. The van der Waals surface area contributed by atoms with Gasteiger partial charge >= 0.3 is 0 Å². The molecule has 0 atom stereocenters. The number of aromatic nitrogens is 1. The average Bonchev–Trinajstić information content (AvgIpc) is 2.50. The second-order valence-corrected chi connectivity index (χ2v) is 3.97. The van der Waals surface area contributed by atoms with Crippen LogP contribution in [-0.4, -0.2) is 11.6 Å². The van der Waals surface area contributed by atoms with Crippen LogP contribution in [0.2, 0.25) is 0 Å². The van der Waals surface area contributed by atoms with Gasteiger partial charge in [-0.2, -0.15) is 0 Å².